The number of carbonyl (C=O) groups excluding carboxylic acids is 1. The molecule has 0 aliphatic carbocycles. The normalized spacial score (nSPS) is 10.3. The fourth-order valence-corrected chi connectivity index (χ4v) is 1.66. The Balaban J connectivity index is 2.76. The molecule has 1 amide bonds. The van der Waals surface area contributed by atoms with E-state index in [1.54, 1.807) is 0 Å². The average molecular weight is 254 g/mol. The van der Waals surface area contributed by atoms with Crippen LogP contribution in [0.4, 0.5) is 0 Å². The van der Waals surface area contributed by atoms with Crippen molar-refractivity contribution in [1.29, 1.82) is 0 Å². The second kappa shape index (κ2) is 6.73. The molecule has 0 saturated heterocycles. The zero-order chi connectivity index (χ0) is 13.5. The van der Waals surface area contributed by atoms with E-state index < -0.39 is 5.97 Å². The van der Waals surface area contributed by atoms with Crippen LogP contribution in [0.1, 0.15) is 42.9 Å². The lowest BCUT2D eigenvalue weighted by Crippen LogP contribution is -2.24. The minimum Gasteiger partial charge on any atom is -0.476 e. The Morgan fingerprint density at radius 2 is 2.11 bits per heavy atom. The van der Waals surface area contributed by atoms with Crippen molar-refractivity contribution in [3.63, 3.8) is 0 Å². The van der Waals surface area contributed by atoms with Crippen LogP contribution in [-0.2, 0) is 17.8 Å². The zero-order valence-corrected chi connectivity index (χ0v) is 10.6. The summed E-state index contributed by atoms with van der Waals surface area (Å²) >= 11 is 0. The fourth-order valence-electron chi connectivity index (χ4n) is 1.66. The minimum atomic E-state index is -1.08. The Hall–Kier alpha value is -1.92. The van der Waals surface area contributed by atoms with Crippen LogP contribution in [0.3, 0.4) is 0 Å². The van der Waals surface area contributed by atoms with Gasteiger partial charge in [-0.1, -0.05) is 18.6 Å². The highest BCUT2D eigenvalue weighted by Crippen LogP contribution is 2.09. The van der Waals surface area contributed by atoms with Gasteiger partial charge < -0.3 is 10.4 Å². The van der Waals surface area contributed by atoms with Gasteiger partial charge in [0.2, 0.25) is 5.91 Å². The topological polar surface area (TPSA) is 97.1 Å². The van der Waals surface area contributed by atoms with Crippen molar-refractivity contribution < 1.29 is 14.7 Å². The lowest BCUT2D eigenvalue weighted by molar-refractivity contribution is -0.121. The molecule has 7 nitrogen and oxygen atoms in total. The molecule has 0 spiro atoms. The van der Waals surface area contributed by atoms with E-state index in [-0.39, 0.29) is 18.0 Å². The average Bonchev–Trinajstić information content (AvgIpc) is 2.71. The molecule has 1 rings (SSSR count). The Kier molecular flexibility index (Phi) is 5.29. The Morgan fingerprint density at radius 3 is 2.67 bits per heavy atom. The largest absolute Gasteiger partial charge is 0.476 e. The monoisotopic (exact) mass is 254 g/mol. The van der Waals surface area contributed by atoms with Crippen molar-refractivity contribution in [2.45, 2.75) is 39.7 Å². The first-order chi connectivity index (χ1) is 8.60. The smallest absolute Gasteiger partial charge is 0.358 e. The van der Waals surface area contributed by atoms with Crippen LogP contribution >= 0.6 is 0 Å². The van der Waals surface area contributed by atoms with Crippen LogP contribution in [0.5, 0.6) is 0 Å². The minimum absolute atomic E-state index is 0.0206. The first-order valence-electron chi connectivity index (χ1n) is 6.02. The van der Waals surface area contributed by atoms with Gasteiger partial charge in [0, 0.05) is 13.0 Å². The Bertz CT molecular complexity index is 428. The third kappa shape index (κ3) is 3.54. The molecule has 18 heavy (non-hydrogen) atoms. The summed E-state index contributed by atoms with van der Waals surface area (Å²) < 4.78 is 1.50. The number of nitrogens with one attached hydrogen (secondary N) is 1. The SMILES string of the molecule is CCCc1c(C(=O)O)nnn1CCC(=O)NCC. The van der Waals surface area contributed by atoms with Crippen molar-refractivity contribution in [3.05, 3.63) is 11.4 Å². The molecule has 0 aromatic carbocycles. The molecule has 1 aromatic rings. The predicted octanol–water partition coefficient (Wildman–Crippen LogP) is 0.455. The lowest BCUT2D eigenvalue weighted by atomic mass is 10.2. The summed E-state index contributed by atoms with van der Waals surface area (Å²) in [6.07, 6.45) is 1.66. The number of carboxylic acid groups (broad SMARTS) is 1. The van der Waals surface area contributed by atoms with Gasteiger partial charge in [0.1, 0.15) is 0 Å². The van der Waals surface area contributed by atoms with E-state index in [1.807, 2.05) is 13.8 Å². The van der Waals surface area contributed by atoms with E-state index in [1.165, 1.54) is 4.68 Å². The van der Waals surface area contributed by atoms with E-state index in [0.29, 0.717) is 25.2 Å². The highest BCUT2D eigenvalue weighted by molar-refractivity contribution is 5.86. The molecule has 100 valence electrons. The Morgan fingerprint density at radius 1 is 1.39 bits per heavy atom. The number of aromatic carboxylic acids is 1. The van der Waals surface area contributed by atoms with E-state index >= 15 is 0 Å². The molecule has 7 heteroatoms. The van der Waals surface area contributed by atoms with Crippen molar-refractivity contribution in [2.24, 2.45) is 0 Å². The van der Waals surface area contributed by atoms with Crippen LogP contribution in [0.2, 0.25) is 0 Å². The van der Waals surface area contributed by atoms with Gasteiger partial charge in [-0.15, -0.1) is 5.10 Å². The fraction of sp³-hybridized carbons (Fsp3) is 0.636. The number of rotatable bonds is 7. The maximum Gasteiger partial charge on any atom is 0.358 e. The van der Waals surface area contributed by atoms with Gasteiger partial charge in [0.05, 0.1) is 12.2 Å². The molecule has 1 aromatic heterocycles. The lowest BCUT2D eigenvalue weighted by Gasteiger charge is -2.06. The number of amides is 1. The van der Waals surface area contributed by atoms with Crippen LogP contribution in [0, 0.1) is 0 Å². The summed E-state index contributed by atoms with van der Waals surface area (Å²) in [6.45, 7) is 4.73. The summed E-state index contributed by atoms with van der Waals surface area (Å²) in [6, 6.07) is 0. The van der Waals surface area contributed by atoms with Crippen LogP contribution in [-0.4, -0.2) is 38.5 Å². The van der Waals surface area contributed by atoms with Crippen molar-refractivity contribution in [3.8, 4) is 0 Å². The third-order valence-corrected chi connectivity index (χ3v) is 2.45. The second-order valence-electron chi connectivity index (χ2n) is 3.87. The molecular formula is C11H18N4O3. The summed E-state index contributed by atoms with van der Waals surface area (Å²) in [5.41, 5.74) is 0.557. The van der Waals surface area contributed by atoms with E-state index in [9.17, 15) is 9.59 Å². The molecule has 0 atom stereocenters. The number of hydrogen-bond acceptors (Lipinski definition) is 4. The molecular weight excluding hydrogens is 236 g/mol. The highest BCUT2D eigenvalue weighted by atomic mass is 16.4. The van der Waals surface area contributed by atoms with Crippen LogP contribution < -0.4 is 5.32 Å². The van der Waals surface area contributed by atoms with Gasteiger partial charge in [-0.3, -0.25) is 4.79 Å². The van der Waals surface area contributed by atoms with E-state index in [2.05, 4.69) is 15.6 Å². The standard InChI is InChI=1S/C11H18N4O3/c1-3-5-8-10(11(17)18)13-14-15(8)7-6-9(16)12-4-2/h3-7H2,1-2H3,(H,12,16)(H,17,18). The summed E-state index contributed by atoms with van der Waals surface area (Å²) in [5.74, 6) is -1.16. The molecule has 1 heterocycles. The van der Waals surface area contributed by atoms with E-state index in [0.717, 1.165) is 6.42 Å². The number of hydrogen-bond donors (Lipinski definition) is 2. The first kappa shape index (κ1) is 14.1. The number of carbonyl (C=O) groups is 2. The van der Waals surface area contributed by atoms with Gasteiger partial charge in [-0.05, 0) is 13.3 Å². The Labute approximate surface area is 105 Å². The molecule has 0 unspecified atom stereocenters. The number of carboxylic acids is 1. The van der Waals surface area contributed by atoms with Crippen LogP contribution in [0.25, 0.3) is 0 Å². The highest BCUT2D eigenvalue weighted by Gasteiger charge is 2.18. The number of aromatic nitrogens is 3. The predicted molar refractivity (Wildman–Crippen MR) is 64.3 cm³/mol. The van der Waals surface area contributed by atoms with Gasteiger partial charge in [-0.2, -0.15) is 0 Å². The maximum atomic E-state index is 11.3. The molecule has 0 radical (unpaired) electrons. The van der Waals surface area contributed by atoms with Gasteiger partial charge in [0.15, 0.2) is 5.69 Å². The van der Waals surface area contributed by atoms with E-state index in [4.69, 9.17) is 5.11 Å². The maximum absolute atomic E-state index is 11.3. The van der Waals surface area contributed by atoms with Crippen LogP contribution in [0.15, 0.2) is 0 Å². The van der Waals surface area contributed by atoms with Crippen molar-refractivity contribution >= 4 is 11.9 Å². The van der Waals surface area contributed by atoms with Crippen molar-refractivity contribution in [1.82, 2.24) is 20.3 Å². The molecule has 0 aliphatic heterocycles. The molecule has 0 bridgehead atoms. The quantitative estimate of drug-likeness (QED) is 0.736. The second-order valence-corrected chi connectivity index (χ2v) is 3.87. The molecule has 0 saturated carbocycles. The van der Waals surface area contributed by atoms with Gasteiger partial charge in [-0.25, -0.2) is 9.48 Å². The summed E-state index contributed by atoms with van der Waals surface area (Å²) in [7, 11) is 0. The van der Waals surface area contributed by atoms with Gasteiger partial charge >= 0.3 is 5.97 Å². The van der Waals surface area contributed by atoms with Gasteiger partial charge in [0.25, 0.3) is 0 Å². The molecule has 0 fully saturated rings. The molecule has 2 N–H and O–H groups in total. The summed E-state index contributed by atoms with van der Waals surface area (Å²) in [4.78, 5) is 22.3. The number of aryl methyl sites for hydroxylation is 1. The zero-order valence-electron chi connectivity index (χ0n) is 10.6. The van der Waals surface area contributed by atoms with Crippen molar-refractivity contribution in [2.75, 3.05) is 6.54 Å². The number of nitrogens with zero attached hydrogens (tertiary/aromatic N) is 3. The first-order valence-corrected chi connectivity index (χ1v) is 6.02. The summed E-state index contributed by atoms with van der Waals surface area (Å²) in [5, 5.41) is 19.1. The molecule has 0 aliphatic rings. The third-order valence-electron chi connectivity index (χ3n) is 2.45.